The number of benzene rings is 1. The summed E-state index contributed by atoms with van der Waals surface area (Å²) in [4.78, 5) is 24.1. The minimum atomic E-state index is -0.255. The molecule has 0 saturated carbocycles. The lowest BCUT2D eigenvalue weighted by Gasteiger charge is -2.32. The van der Waals surface area contributed by atoms with Gasteiger partial charge >= 0.3 is 0 Å². The molecular weight excluding hydrogens is 427 g/mol. The lowest BCUT2D eigenvalue weighted by atomic mass is 10.1. The van der Waals surface area contributed by atoms with E-state index in [2.05, 4.69) is 61.3 Å². The van der Waals surface area contributed by atoms with Crippen LogP contribution in [0.2, 0.25) is 0 Å². The van der Waals surface area contributed by atoms with Crippen LogP contribution in [0, 0.1) is 5.82 Å². The number of halogens is 1. The highest BCUT2D eigenvalue weighted by atomic mass is 32.1. The van der Waals surface area contributed by atoms with Crippen molar-refractivity contribution in [3.05, 3.63) is 46.7 Å². The number of piperazine rings is 1. The van der Waals surface area contributed by atoms with E-state index in [-0.39, 0.29) is 11.9 Å². The summed E-state index contributed by atoms with van der Waals surface area (Å²) in [5.74, 6) is 1.71. The normalized spacial score (nSPS) is 15.8. The second-order valence-electron chi connectivity index (χ2n) is 8.34. The SMILES string of the molecule is CC(C)c1cnc(Nc2nc(N[C@@H](C)c3ccc(F)cc3)nc(N3CCN(C)CC3)n2)s1. The van der Waals surface area contributed by atoms with Crippen LogP contribution in [0.15, 0.2) is 30.5 Å². The summed E-state index contributed by atoms with van der Waals surface area (Å²) < 4.78 is 13.3. The minimum Gasteiger partial charge on any atom is -0.348 e. The average Bonchev–Trinajstić information content (AvgIpc) is 3.23. The third kappa shape index (κ3) is 5.49. The van der Waals surface area contributed by atoms with Gasteiger partial charge in [-0.2, -0.15) is 15.0 Å². The van der Waals surface area contributed by atoms with Crippen LogP contribution in [0.1, 0.15) is 43.2 Å². The van der Waals surface area contributed by atoms with Crippen LogP contribution in [-0.4, -0.2) is 58.1 Å². The first-order valence-corrected chi connectivity index (χ1v) is 11.6. The number of nitrogens with zero attached hydrogens (tertiary/aromatic N) is 6. The molecule has 3 aromatic rings. The molecular formula is C22H29FN8S. The lowest BCUT2D eigenvalue weighted by Crippen LogP contribution is -2.45. The molecule has 1 fully saturated rings. The Kier molecular flexibility index (Phi) is 6.80. The number of aromatic nitrogens is 4. The average molecular weight is 457 g/mol. The monoisotopic (exact) mass is 456 g/mol. The van der Waals surface area contributed by atoms with Crippen LogP contribution < -0.4 is 15.5 Å². The van der Waals surface area contributed by atoms with Gasteiger partial charge in [0.2, 0.25) is 17.8 Å². The Morgan fingerprint density at radius 1 is 0.969 bits per heavy atom. The van der Waals surface area contributed by atoms with Crippen molar-refractivity contribution < 1.29 is 4.39 Å². The lowest BCUT2D eigenvalue weighted by molar-refractivity contribution is 0.311. The zero-order valence-electron chi connectivity index (χ0n) is 18.8. The number of hydrogen-bond acceptors (Lipinski definition) is 9. The molecule has 2 aromatic heterocycles. The van der Waals surface area contributed by atoms with E-state index in [0.717, 1.165) is 36.9 Å². The van der Waals surface area contributed by atoms with Gasteiger partial charge in [-0.1, -0.05) is 26.0 Å². The molecule has 0 radical (unpaired) electrons. The maximum absolute atomic E-state index is 13.3. The Morgan fingerprint density at radius 3 is 2.31 bits per heavy atom. The first kappa shape index (κ1) is 22.3. The van der Waals surface area contributed by atoms with Gasteiger partial charge in [-0.3, -0.25) is 5.32 Å². The van der Waals surface area contributed by atoms with Gasteiger partial charge in [0.1, 0.15) is 5.82 Å². The molecule has 0 aliphatic carbocycles. The van der Waals surface area contributed by atoms with Crippen LogP contribution in [-0.2, 0) is 0 Å². The molecule has 0 spiro atoms. The van der Waals surface area contributed by atoms with Crippen molar-refractivity contribution in [1.82, 2.24) is 24.8 Å². The van der Waals surface area contributed by atoms with Crippen molar-refractivity contribution in [2.75, 3.05) is 48.8 Å². The fourth-order valence-corrected chi connectivity index (χ4v) is 4.18. The second kappa shape index (κ2) is 9.74. The number of thiazole rings is 1. The molecule has 1 aromatic carbocycles. The van der Waals surface area contributed by atoms with Gasteiger partial charge in [0.25, 0.3) is 0 Å². The Bertz CT molecular complexity index is 1030. The topological polar surface area (TPSA) is 82.1 Å². The van der Waals surface area contributed by atoms with E-state index in [1.165, 1.54) is 17.0 Å². The Hall–Kier alpha value is -2.85. The highest BCUT2D eigenvalue weighted by Crippen LogP contribution is 2.28. The standard InChI is InChI=1S/C22H29FN8S/c1-14(2)18-13-24-22(32-18)29-20-26-19(25-15(3)16-5-7-17(23)8-6-16)27-21(28-20)31-11-9-30(4)10-12-31/h5-8,13-15H,9-12H2,1-4H3,(H2,24,25,26,27,28,29)/t15-/m0/s1. The molecule has 2 N–H and O–H groups in total. The summed E-state index contributed by atoms with van der Waals surface area (Å²) in [5.41, 5.74) is 0.948. The molecule has 0 unspecified atom stereocenters. The van der Waals surface area contributed by atoms with Crippen molar-refractivity contribution in [2.24, 2.45) is 0 Å². The molecule has 8 nitrogen and oxygen atoms in total. The van der Waals surface area contributed by atoms with E-state index in [1.54, 1.807) is 23.5 Å². The maximum atomic E-state index is 13.3. The van der Waals surface area contributed by atoms with Crippen molar-refractivity contribution in [1.29, 1.82) is 0 Å². The number of hydrogen-bond donors (Lipinski definition) is 2. The second-order valence-corrected chi connectivity index (χ2v) is 9.40. The molecule has 0 bridgehead atoms. The Balaban J connectivity index is 1.59. The van der Waals surface area contributed by atoms with Crippen LogP contribution >= 0.6 is 11.3 Å². The third-order valence-electron chi connectivity index (χ3n) is 5.44. The molecule has 1 atom stereocenters. The highest BCUT2D eigenvalue weighted by molar-refractivity contribution is 7.15. The summed E-state index contributed by atoms with van der Waals surface area (Å²) in [5, 5.41) is 7.34. The predicted octanol–water partition coefficient (Wildman–Crippen LogP) is 4.26. The van der Waals surface area contributed by atoms with Gasteiger partial charge < -0.3 is 15.1 Å². The largest absolute Gasteiger partial charge is 0.348 e. The van der Waals surface area contributed by atoms with Crippen molar-refractivity contribution in [3.8, 4) is 0 Å². The van der Waals surface area contributed by atoms with Gasteiger partial charge in [0.05, 0.1) is 6.04 Å². The smallest absolute Gasteiger partial charge is 0.235 e. The molecule has 32 heavy (non-hydrogen) atoms. The van der Waals surface area contributed by atoms with Gasteiger partial charge in [-0.25, -0.2) is 9.37 Å². The molecule has 10 heteroatoms. The van der Waals surface area contributed by atoms with Gasteiger partial charge in [0, 0.05) is 37.3 Å². The first-order chi connectivity index (χ1) is 15.4. The molecule has 170 valence electrons. The van der Waals surface area contributed by atoms with Crippen LogP contribution in [0.3, 0.4) is 0 Å². The highest BCUT2D eigenvalue weighted by Gasteiger charge is 2.20. The number of rotatable bonds is 7. The Labute approximate surface area is 191 Å². The third-order valence-corrected chi connectivity index (χ3v) is 6.65. The van der Waals surface area contributed by atoms with Crippen LogP contribution in [0.25, 0.3) is 0 Å². The van der Waals surface area contributed by atoms with Crippen molar-refractivity contribution in [3.63, 3.8) is 0 Å². The van der Waals surface area contributed by atoms with E-state index >= 15 is 0 Å². The number of likely N-dealkylation sites (N-methyl/N-ethyl adjacent to an activating group) is 1. The molecule has 0 amide bonds. The first-order valence-electron chi connectivity index (χ1n) is 10.8. The fraction of sp³-hybridized carbons (Fsp3) is 0.455. The van der Waals surface area contributed by atoms with E-state index in [4.69, 9.17) is 0 Å². The van der Waals surface area contributed by atoms with E-state index < -0.39 is 0 Å². The van der Waals surface area contributed by atoms with Crippen LogP contribution in [0.5, 0.6) is 0 Å². The van der Waals surface area contributed by atoms with E-state index in [0.29, 0.717) is 23.8 Å². The predicted molar refractivity (Wildman–Crippen MR) is 127 cm³/mol. The van der Waals surface area contributed by atoms with Gasteiger partial charge in [0.15, 0.2) is 5.13 Å². The molecule has 1 aliphatic rings. The zero-order chi connectivity index (χ0) is 22.7. The summed E-state index contributed by atoms with van der Waals surface area (Å²) in [6, 6.07) is 6.34. The number of anilines is 4. The Morgan fingerprint density at radius 2 is 1.66 bits per heavy atom. The van der Waals surface area contributed by atoms with Crippen molar-refractivity contribution >= 4 is 34.3 Å². The summed E-state index contributed by atoms with van der Waals surface area (Å²) in [6.07, 6.45) is 1.88. The molecule has 3 heterocycles. The zero-order valence-corrected chi connectivity index (χ0v) is 19.7. The van der Waals surface area contributed by atoms with E-state index in [9.17, 15) is 4.39 Å². The van der Waals surface area contributed by atoms with E-state index in [1.807, 2.05) is 13.1 Å². The summed E-state index contributed by atoms with van der Waals surface area (Å²) in [7, 11) is 2.11. The number of nitrogens with one attached hydrogen (secondary N) is 2. The quantitative estimate of drug-likeness (QED) is 0.546. The van der Waals surface area contributed by atoms with Gasteiger partial charge in [-0.05, 0) is 37.6 Å². The maximum Gasteiger partial charge on any atom is 0.235 e. The minimum absolute atomic E-state index is 0.0985. The van der Waals surface area contributed by atoms with Crippen molar-refractivity contribution in [2.45, 2.75) is 32.7 Å². The van der Waals surface area contributed by atoms with Gasteiger partial charge in [-0.15, -0.1) is 11.3 Å². The molecule has 1 saturated heterocycles. The summed E-state index contributed by atoms with van der Waals surface area (Å²) >= 11 is 1.60. The van der Waals surface area contributed by atoms with Crippen LogP contribution in [0.4, 0.5) is 27.4 Å². The molecule has 4 rings (SSSR count). The summed E-state index contributed by atoms with van der Waals surface area (Å²) in [6.45, 7) is 9.88. The molecule has 1 aliphatic heterocycles. The fourth-order valence-electron chi connectivity index (χ4n) is 3.37.